The largest absolute Gasteiger partial charge is 0.370 e. The summed E-state index contributed by atoms with van der Waals surface area (Å²) < 4.78 is 2.58. The molecule has 3 rings (SSSR count). The molecule has 0 atom stereocenters. The topological polar surface area (TPSA) is 125 Å². The normalized spacial score (nSPS) is 10.9. The van der Waals surface area contributed by atoms with Crippen LogP contribution in [-0.2, 0) is 19.6 Å². The molecule has 0 amide bonds. The van der Waals surface area contributed by atoms with Crippen molar-refractivity contribution in [3.8, 4) is 0 Å². The van der Waals surface area contributed by atoms with Crippen molar-refractivity contribution >= 4 is 28.1 Å². The summed E-state index contributed by atoms with van der Waals surface area (Å²) in [7, 11) is 0. The van der Waals surface area contributed by atoms with Crippen LogP contribution in [-0.4, -0.2) is 19.0 Å². The van der Waals surface area contributed by atoms with Gasteiger partial charge in [-0.1, -0.05) is 30.3 Å². The van der Waals surface area contributed by atoms with E-state index in [-0.39, 0.29) is 36.4 Å². The van der Waals surface area contributed by atoms with Gasteiger partial charge in [-0.2, -0.15) is 0 Å². The lowest BCUT2D eigenvalue weighted by molar-refractivity contribution is -0.391. The number of nitro groups is 2. The van der Waals surface area contributed by atoms with Crippen molar-refractivity contribution in [2.45, 2.75) is 33.5 Å². The fourth-order valence-corrected chi connectivity index (χ4v) is 3.33. The van der Waals surface area contributed by atoms with E-state index in [2.05, 4.69) is 5.32 Å². The van der Waals surface area contributed by atoms with Crippen molar-refractivity contribution in [3.63, 3.8) is 0 Å². The average Bonchev–Trinajstić information content (AvgIpc) is 2.95. The Morgan fingerprint density at radius 1 is 1.00 bits per heavy atom. The summed E-state index contributed by atoms with van der Waals surface area (Å²) in [6.45, 7) is 4.02. The molecule has 1 aromatic heterocycles. The number of nitrogens with zero attached hydrogens (tertiary/aromatic N) is 4. The van der Waals surface area contributed by atoms with E-state index in [9.17, 15) is 25.0 Å². The number of rotatable bonds is 7. The molecule has 0 aliphatic carbocycles. The van der Waals surface area contributed by atoms with Gasteiger partial charge >= 0.3 is 17.1 Å². The Bertz CT molecular complexity index is 1120. The average molecular weight is 385 g/mol. The first-order chi connectivity index (χ1) is 13.4. The van der Waals surface area contributed by atoms with Gasteiger partial charge in [0.15, 0.2) is 11.2 Å². The number of nitrogens with one attached hydrogen (secondary N) is 1. The van der Waals surface area contributed by atoms with Gasteiger partial charge in [0.05, 0.1) is 15.4 Å². The van der Waals surface area contributed by atoms with E-state index in [0.29, 0.717) is 0 Å². The first-order valence-electron chi connectivity index (χ1n) is 8.77. The maximum Gasteiger partial charge on any atom is 0.329 e. The summed E-state index contributed by atoms with van der Waals surface area (Å²) in [5, 5.41) is 26.4. The molecule has 0 saturated carbocycles. The van der Waals surface area contributed by atoms with Crippen molar-refractivity contribution in [2.75, 3.05) is 5.32 Å². The van der Waals surface area contributed by atoms with Crippen LogP contribution < -0.4 is 11.0 Å². The molecule has 1 heterocycles. The number of aromatic nitrogens is 2. The van der Waals surface area contributed by atoms with E-state index in [1.165, 1.54) is 15.2 Å². The smallest absolute Gasteiger partial charge is 0.329 e. The third-order valence-electron chi connectivity index (χ3n) is 4.58. The van der Waals surface area contributed by atoms with E-state index in [1.807, 2.05) is 6.07 Å². The van der Waals surface area contributed by atoms with Gasteiger partial charge in [-0.05, 0) is 19.4 Å². The maximum absolute atomic E-state index is 12.6. The van der Waals surface area contributed by atoms with Gasteiger partial charge in [-0.25, -0.2) is 4.79 Å². The Labute approximate surface area is 159 Å². The van der Waals surface area contributed by atoms with Crippen molar-refractivity contribution in [3.05, 3.63) is 72.7 Å². The van der Waals surface area contributed by atoms with Gasteiger partial charge in [0.2, 0.25) is 0 Å². The van der Waals surface area contributed by atoms with Gasteiger partial charge in [0.1, 0.15) is 0 Å². The zero-order chi connectivity index (χ0) is 20.4. The summed E-state index contributed by atoms with van der Waals surface area (Å²) in [6, 6.07) is 10.3. The SMILES string of the molecule is CCn1c(=O)n(CC)c2c([N+](=O)[O-])c(NCc3ccccc3)c([N+](=O)[O-])cc21. The first kappa shape index (κ1) is 19.1. The molecule has 28 heavy (non-hydrogen) atoms. The van der Waals surface area contributed by atoms with E-state index >= 15 is 0 Å². The summed E-state index contributed by atoms with van der Waals surface area (Å²) in [6.07, 6.45) is 0. The van der Waals surface area contributed by atoms with Crippen molar-refractivity contribution in [2.24, 2.45) is 0 Å². The molecule has 10 heteroatoms. The molecule has 0 radical (unpaired) electrons. The number of hydrogen-bond donors (Lipinski definition) is 1. The molecule has 146 valence electrons. The number of fused-ring (bicyclic) bond motifs is 1. The Hall–Kier alpha value is -3.69. The van der Waals surface area contributed by atoms with E-state index in [4.69, 9.17) is 0 Å². The number of aryl methyl sites for hydroxylation is 2. The molecule has 0 fully saturated rings. The van der Waals surface area contributed by atoms with Gasteiger partial charge < -0.3 is 5.32 Å². The predicted octanol–water partition coefficient (Wildman–Crippen LogP) is 3.27. The monoisotopic (exact) mass is 385 g/mol. The maximum atomic E-state index is 12.6. The number of anilines is 1. The molecule has 2 aromatic carbocycles. The molecule has 0 saturated heterocycles. The minimum absolute atomic E-state index is 0.0838. The fraction of sp³-hybridized carbons (Fsp3) is 0.278. The zero-order valence-corrected chi connectivity index (χ0v) is 15.4. The highest BCUT2D eigenvalue weighted by Gasteiger charge is 2.33. The minimum Gasteiger partial charge on any atom is -0.370 e. The number of imidazole rings is 1. The molecule has 0 aliphatic heterocycles. The van der Waals surface area contributed by atoms with Crippen LogP contribution in [0.25, 0.3) is 11.0 Å². The zero-order valence-electron chi connectivity index (χ0n) is 15.4. The van der Waals surface area contributed by atoms with Crippen LogP contribution in [0.15, 0.2) is 41.2 Å². The molecule has 3 aromatic rings. The van der Waals surface area contributed by atoms with Crippen LogP contribution in [0.2, 0.25) is 0 Å². The highest BCUT2D eigenvalue weighted by atomic mass is 16.6. The van der Waals surface area contributed by atoms with Gasteiger partial charge in [0, 0.05) is 25.7 Å². The predicted molar refractivity (Wildman–Crippen MR) is 105 cm³/mol. The van der Waals surface area contributed by atoms with Crippen molar-refractivity contribution in [1.82, 2.24) is 9.13 Å². The van der Waals surface area contributed by atoms with Gasteiger partial charge in [0.25, 0.3) is 0 Å². The minimum atomic E-state index is -0.673. The van der Waals surface area contributed by atoms with Crippen LogP contribution in [0.5, 0.6) is 0 Å². The summed E-state index contributed by atoms with van der Waals surface area (Å²) in [5.41, 5.74) is -0.472. The third-order valence-corrected chi connectivity index (χ3v) is 4.58. The lowest BCUT2D eigenvalue weighted by atomic mass is 10.1. The van der Waals surface area contributed by atoms with Crippen molar-refractivity contribution in [1.29, 1.82) is 0 Å². The molecule has 0 unspecified atom stereocenters. The van der Waals surface area contributed by atoms with Crippen LogP contribution in [0.1, 0.15) is 19.4 Å². The second kappa shape index (κ2) is 7.51. The van der Waals surface area contributed by atoms with E-state index in [0.717, 1.165) is 5.56 Å². The summed E-state index contributed by atoms with van der Waals surface area (Å²) in [5.74, 6) is 0. The molecule has 0 aliphatic rings. The quantitative estimate of drug-likeness (QED) is 0.491. The van der Waals surface area contributed by atoms with Gasteiger partial charge in [-0.15, -0.1) is 0 Å². The summed E-state index contributed by atoms with van der Waals surface area (Å²) in [4.78, 5) is 34.8. The highest BCUT2D eigenvalue weighted by molar-refractivity contribution is 5.97. The Morgan fingerprint density at radius 2 is 1.64 bits per heavy atom. The second-order valence-corrected chi connectivity index (χ2v) is 6.11. The third kappa shape index (κ3) is 3.08. The fourth-order valence-electron chi connectivity index (χ4n) is 3.33. The molecule has 0 spiro atoms. The van der Waals surface area contributed by atoms with Crippen LogP contribution >= 0.6 is 0 Å². The Balaban J connectivity index is 2.33. The lowest BCUT2D eigenvalue weighted by Gasteiger charge is -2.10. The summed E-state index contributed by atoms with van der Waals surface area (Å²) >= 11 is 0. The van der Waals surface area contributed by atoms with E-state index in [1.54, 1.807) is 38.1 Å². The lowest BCUT2D eigenvalue weighted by Crippen LogP contribution is -2.23. The standard InChI is InChI=1S/C18H19N5O5/c1-3-20-14-10-13(22(25)26)15(19-11-12-8-6-5-7-9-12)17(23(27)28)16(14)21(4-2)18(20)24/h5-10,19H,3-4,11H2,1-2H3. The number of hydrogen-bond acceptors (Lipinski definition) is 6. The van der Waals surface area contributed by atoms with Crippen LogP contribution in [0, 0.1) is 20.2 Å². The highest BCUT2D eigenvalue weighted by Crippen LogP contribution is 2.41. The van der Waals surface area contributed by atoms with Crippen LogP contribution in [0.3, 0.4) is 0 Å². The first-order valence-corrected chi connectivity index (χ1v) is 8.77. The number of nitro benzene ring substituents is 2. The molecular weight excluding hydrogens is 366 g/mol. The Kier molecular flexibility index (Phi) is 5.12. The second-order valence-electron chi connectivity index (χ2n) is 6.11. The molecule has 10 nitrogen and oxygen atoms in total. The Morgan fingerprint density at radius 3 is 2.18 bits per heavy atom. The molecular formula is C18H19N5O5. The molecule has 0 bridgehead atoms. The molecule has 1 N–H and O–H groups in total. The number of benzene rings is 2. The van der Waals surface area contributed by atoms with Crippen LogP contribution in [0.4, 0.5) is 17.1 Å². The van der Waals surface area contributed by atoms with Crippen molar-refractivity contribution < 1.29 is 9.85 Å². The van der Waals surface area contributed by atoms with Gasteiger partial charge in [-0.3, -0.25) is 29.4 Å². The van der Waals surface area contributed by atoms with E-state index < -0.39 is 26.9 Å².